The fourth-order valence-electron chi connectivity index (χ4n) is 2.71. The van der Waals surface area contributed by atoms with Gasteiger partial charge in [0.25, 0.3) is 0 Å². The predicted molar refractivity (Wildman–Crippen MR) is 83.8 cm³/mol. The average Bonchev–Trinajstić information content (AvgIpc) is 2.90. The summed E-state index contributed by atoms with van der Waals surface area (Å²) in [6.45, 7) is 2.68. The fraction of sp³-hybridized carbons (Fsp3) is 0.929. The first-order valence-corrected chi connectivity index (χ1v) is 8.98. The molecule has 8 heteroatoms. The van der Waals surface area contributed by atoms with Crippen molar-refractivity contribution >= 4 is 17.7 Å². The number of alkyl halides is 3. The molecule has 130 valence electrons. The fourth-order valence-corrected chi connectivity index (χ4v) is 3.20. The average molecular weight is 341 g/mol. The minimum absolute atomic E-state index is 0.0737. The zero-order valence-electron chi connectivity index (χ0n) is 13.2. The van der Waals surface area contributed by atoms with Crippen molar-refractivity contribution < 1.29 is 18.0 Å². The summed E-state index contributed by atoms with van der Waals surface area (Å²) in [5.74, 6) is 0.855. The molecule has 0 saturated carbocycles. The Bertz CT molecular complexity index is 355. The van der Waals surface area contributed by atoms with E-state index < -0.39 is 18.8 Å². The number of carbonyl (C=O) groups is 1. The summed E-state index contributed by atoms with van der Waals surface area (Å²) in [4.78, 5) is 15.3. The van der Waals surface area contributed by atoms with Crippen LogP contribution in [0.25, 0.3) is 0 Å². The Morgan fingerprint density at radius 1 is 1.50 bits per heavy atom. The van der Waals surface area contributed by atoms with Gasteiger partial charge in [-0.05, 0) is 37.3 Å². The minimum atomic E-state index is -4.18. The standard InChI is InChI=1S/C14H26F3N3OS/c1-3-19(10-14(15,16)17)8-11-4-6-20(9-11)13(21)12(18)5-7-22-2/h11-12H,3-10,18H2,1-2H3/t11?,12-/m0/s1. The number of thioether (sulfide) groups is 1. The van der Waals surface area contributed by atoms with E-state index in [0.717, 1.165) is 12.2 Å². The van der Waals surface area contributed by atoms with Crippen molar-refractivity contribution in [3.05, 3.63) is 0 Å². The van der Waals surface area contributed by atoms with Crippen LogP contribution in [0.15, 0.2) is 0 Å². The number of likely N-dealkylation sites (tertiary alicyclic amines) is 1. The van der Waals surface area contributed by atoms with Gasteiger partial charge in [0.05, 0.1) is 12.6 Å². The van der Waals surface area contributed by atoms with Gasteiger partial charge in [0.2, 0.25) is 5.91 Å². The third kappa shape index (κ3) is 6.75. The molecule has 0 spiro atoms. The van der Waals surface area contributed by atoms with E-state index in [9.17, 15) is 18.0 Å². The molecule has 1 fully saturated rings. The number of halogens is 3. The largest absolute Gasteiger partial charge is 0.401 e. The van der Waals surface area contributed by atoms with Crippen molar-refractivity contribution in [3.8, 4) is 0 Å². The van der Waals surface area contributed by atoms with Gasteiger partial charge in [0, 0.05) is 19.6 Å². The maximum absolute atomic E-state index is 12.5. The SMILES string of the molecule is CCN(CC1CCN(C(=O)[C@@H](N)CCSC)C1)CC(F)(F)F. The van der Waals surface area contributed by atoms with E-state index in [1.807, 2.05) is 6.26 Å². The molecule has 2 N–H and O–H groups in total. The van der Waals surface area contributed by atoms with Gasteiger partial charge >= 0.3 is 6.18 Å². The summed E-state index contributed by atoms with van der Waals surface area (Å²) >= 11 is 1.64. The van der Waals surface area contributed by atoms with Gasteiger partial charge in [0.15, 0.2) is 0 Å². The zero-order chi connectivity index (χ0) is 16.8. The molecule has 4 nitrogen and oxygen atoms in total. The summed E-state index contributed by atoms with van der Waals surface area (Å²) in [6.07, 6.45) is -0.834. The first-order valence-electron chi connectivity index (χ1n) is 7.59. The Morgan fingerprint density at radius 2 is 2.18 bits per heavy atom. The van der Waals surface area contributed by atoms with Crippen LogP contribution < -0.4 is 5.73 Å². The second-order valence-corrected chi connectivity index (χ2v) is 6.76. The number of carbonyl (C=O) groups excluding carboxylic acids is 1. The molecule has 1 unspecified atom stereocenters. The van der Waals surface area contributed by atoms with Gasteiger partial charge in [-0.15, -0.1) is 0 Å². The van der Waals surface area contributed by atoms with Gasteiger partial charge in [-0.2, -0.15) is 24.9 Å². The first kappa shape index (κ1) is 19.6. The van der Waals surface area contributed by atoms with Crippen molar-refractivity contribution in [1.82, 2.24) is 9.80 Å². The second kappa shape index (κ2) is 8.98. The van der Waals surface area contributed by atoms with Crippen LogP contribution in [-0.4, -0.2) is 72.7 Å². The Kier molecular flexibility index (Phi) is 7.99. The molecule has 0 aromatic carbocycles. The van der Waals surface area contributed by atoms with E-state index in [4.69, 9.17) is 5.73 Å². The molecule has 0 aromatic heterocycles. The predicted octanol–water partition coefficient (Wildman–Crippen LogP) is 1.80. The maximum Gasteiger partial charge on any atom is 0.401 e. The summed E-state index contributed by atoms with van der Waals surface area (Å²) < 4.78 is 37.4. The van der Waals surface area contributed by atoms with Crippen LogP contribution in [0.5, 0.6) is 0 Å². The lowest BCUT2D eigenvalue weighted by Gasteiger charge is -2.25. The molecule has 1 aliphatic heterocycles. The van der Waals surface area contributed by atoms with Crippen molar-refractivity contribution in [2.75, 3.05) is 44.7 Å². The Labute approximate surface area is 134 Å². The highest BCUT2D eigenvalue weighted by Gasteiger charge is 2.34. The molecule has 0 radical (unpaired) electrons. The maximum atomic E-state index is 12.5. The van der Waals surface area contributed by atoms with E-state index in [0.29, 0.717) is 32.6 Å². The molecule has 1 amide bonds. The number of hydrogen-bond donors (Lipinski definition) is 1. The number of amides is 1. The monoisotopic (exact) mass is 341 g/mol. The molecule has 0 aliphatic carbocycles. The third-order valence-electron chi connectivity index (χ3n) is 3.91. The van der Waals surface area contributed by atoms with Crippen LogP contribution in [0.2, 0.25) is 0 Å². The van der Waals surface area contributed by atoms with Crippen molar-refractivity contribution in [1.29, 1.82) is 0 Å². The second-order valence-electron chi connectivity index (χ2n) is 5.77. The quantitative estimate of drug-likeness (QED) is 0.731. The molecule has 1 saturated heterocycles. The lowest BCUT2D eigenvalue weighted by atomic mass is 10.1. The Hall–Kier alpha value is -0.470. The minimum Gasteiger partial charge on any atom is -0.341 e. The van der Waals surface area contributed by atoms with Gasteiger partial charge in [-0.1, -0.05) is 6.92 Å². The van der Waals surface area contributed by atoms with Crippen LogP contribution in [-0.2, 0) is 4.79 Å². The van der Waals surface area contributed by atoms with Crippen molar-refractivity contribution in [3.63, 3.8) is 0 Å². The number of nitrogens with zero attached hydrogens (tertiary/aromatic N) is 2. The van der Waals surface area contributed by atoms with E-state index in [1.54, 1.807) is 23.6 Å². The lowest BCUT2D eigenvalue weighted by Crippen LogP contribution is -2.43. The number of hydrogen-bond acceptors (Lipinski definition) is 4. The highest BCUT2D eigenvalue weighted by Crippen LogP contribution is 2.22. The van der Waals surface area contributed by atoms with Crippen LogP contribution in [0, 0.1) is 5.92 Å². The molecule has 1 aliphatic rings. The zero-order valence-corrected chi connectivity index (χ0v) is 14.1. The van der Waals surface area contributed by atoms with E-state index in [-0.39, 0.29) is 11.8 Å². The van der Waals surface area contributed by atoms with Crippen LogP contribution >= 0.6 is 11.8 Å². The van der Waals surface area contributed by atoms with Crippen LogP contribution in [0.1, 0.15) is 19.8 Å². The third-order valence-corrected chi connectivity index (χ3v) is 4.56. The molecular weight excluding hydrogens is 315 g/mol. The molecule has 22 heavy (non-hydrogen) atoms. The summed E-state index contributed by atoms with van der Waals surface area (Å²) in [5.41, 5.74) is 5.88. The Balaban J connectivity index is 2.43. The van der Waals surface area contributed by atoms with Crippen molar-refractivity contribution in [2.24, 2.45) is 11.7 Å². The van der Waals surface area contributed by atoms with Gasteiger partial charge in [0.1, 0.15) is 0 Å². The normalized spacial score (nSPS) is 20.7. The van der Waals surface area contributed by atoms with Crippen molar-refractivity contribution in [2.45, 2.75) is 32.0 Å². The Morgan fingerprint density at radius 3 is 2.73 bits per heavy atom. The van der Waals surface area contributed by atoms with Crippen LogP contribution in [0.4, 0.5) is 13.2 Å². The number of nitrogens with two attached hydrogens (primary N) is 1. The molecule has 0 bridgehead atoms. The molecule has 0 aromatic rings. The summed E-state index contributed by atoms with van der Waals surface area (Å²) in [6, 6.07) is -0.497. The lowest BCUT2D eigenvalue weighted by molar-refractivity contribution is -0.146. The highest BCUT2D eigenvalue weighted by molar-refractivity contribution is 7.98. The van der Waals surface area contributed by atoms with Gasteiger partial charge < -0.3 is 10.6 Å². The van der Waals surface area contributed by atoms with E-state index in [2.05, 4.69) is 0 Å². The molecule has 1 heterocycles. The molecular formula is C14H26F3N3OS. The summed E-state index contributed by atoms with van der Waals surface area (Å²) in [7, 11) is 0. The highest BCUT2D eigenvalue weighted by atomic mass is 32.2. The van der Waals surface area contributed by atoms with Crippen LogP contribution in [0.3, 0.4) is 0 Å². The van der Waals surface area contributed by atoms with E-state index >= 15 is 0 Å². The van der Waals surface area contributed by atoms with Gasteiger partial charge in [-0.25, -0.2) is 0 Å². The van der Waals surface area contributed by atoms with E-state index in [1.165, 1.54) is 4.90 Å². The van der Waals surface area contributed by atoms with Gasteiger partial charge in [-0.3, -0.25) is 9.69 Å². The summed E-state index contributed by atoms with van der Waals surface area (Å²) in [5, 5.41) is 0. The smallest absolute Gasteiger partial charge is 0.341 e. The molecule has 2 atom stereocenters. The topological polar surface area (TPSA) is 49.6 Å². The first-order chi connectivity index (χ1) is 10.3. The molecule has 1 rings (SSSR count). The number of rotatable bonds is 8.